The lowest BCUT2D eigenvalue weighted by atomic mass is 9.75. The lowest BCUT2D eigenvalue weighted by Gasteiger charge is -2.42. The molecule has 3 heterocycles. The van der Waals surface area contributed by atoms with Gasteiger partial charge >= 0.3 is 0 Å². The minimum atomic E-state index is -0.153. The largest absolute Gasteiger partial charge is 0.492 e. The number of hydrogen-bond donors (Lipinski definition) is 1. The van der Waals surface area contributed by atoms with E-state index in [0.717, 1.165) is 32.1 Å². The second kappa shape index (κ2) is 10.4. The summed E-state index contributed by atoms with van der Waals surface area (Å²) in [4.78, 5) is 27.6. The Balaban J connectivity index is 1.48. The van der Waals surface area contributed by atoms with Crippen molar-refractivity contribution in [3.63, 3.8) is 0 Å². The highest BCUT2D eigenvalue weighted by molar-refractivity contribution is 5.97. The first-order valence-electron chi connectivity index (χ1n) is 11.8. The number of ether oxygens (including phenoxy) is 2. The first-order valence-corrected chi connectivity index (χ1v) is 11.8. The van der Waals surface area contributed by atoms with Crippen molar-refractivity contribution in [1.29, 1.82) is 0 Å². The average molecular weight is 456 g/mol. The second-order valence-corrected chi connectivity index (χ2v) is 9.10. The van der Waals surface area contributed by atoms with Crippen LogP contribution >= 0.6 is 0 Å². The topological polar surface area (TPSA) is 93.9 Å². The lowest BCUT2D eigenvalue weighted by Crippen LogP contribution is -2.46. The Morgan fingerprint density at radius 1 is 1.09 bits per heavy atom. The maximum absolute atomic E-state index is 13.1. The van der Waals surface area contributed by atoms with Crippen molar-refractivity contribution < 1.29 is 23.6 Å². The summed E-state index contributed by atoms with van der Waals surface area (Å²) in [6.07, 6.45) is 4.69. The van der Waals surface area contributed by atoms with E-state index in [1.165, 1.54) is 0 Å². The molecule has 0 unspecified atom stereocenters. The summed E-state index contributed by atoms with van der Waals surface area (Å²) in [6, 6.07) is 7.36. The van der Waals surface area contributed by atoms with E-state index < -0.39 is 0 Å². The molecule has 1 fully saturated rings. The molecule has 1 aromatic carbocycles. The molecule has 8 heteroatoms. The van der Waals surface area contributed by atoms with Gasteiger partial charge in [0.1, 0.15) is 17.1 Å². The van der Waals surface area contributed by atoms with Gasteiger partial charge in [0.25, 0.3) is 11.8 Å². The van der Waals surface area contributed by atoms with Gasteiger partial charge in [0, 0.05) is 31.7 Å². The number of likely N-dealkylation sites (tertiary alicyclic amines) is 1. The fraction of sp³-hybridized carbons (Fsp3) is 0.560. The summed E-state index contributed by atoms with van der Waals surface area (Å²) < 4.78 is 17.2. The van der Waals surface area contributed by atoms with E-state index in [2.05, 4.69) is 10.5 Å². The fourth-order valence-corrected chi connectivity index (χ4v) is 4.75. The van der Waals surface area contributed by atoms with Crippen LogP contribution in [0.5, 0.6) is 5.75 Å². The number of fused-ring (bicyclic) bond motifs is 1. The highest BCUT2D eigenvalue weighted by Gasteiger charge is 2.37. The molecule has 8 nitrogen and oxygen atoms in total. The van der Waals surface area contributed by atoms with Gasteiger partial charge in [-0.2, -0.15) is 0 Å². The minimum Gasteiger partial charge on any atom is -0.492 e. The number of nitrogens with one attached hydrogen (secondary N) is 1. The zero-order valence-corrected chi connectivity index (χ0v) is 19.5. The number of nitrogens with zero attached hydrogens (tertiary/aromatic N) is 2. The molecular weight excluding hydrogens is 422 g/mol. The maximum atomic E-state index is 13.1. The van der Waals surface area contributed by atoms with E-state index in [0.29, 0.717) is 67.8 Å². The van der Waals surface area contributed by atoms with Gasteiger partial charge in [-0.3, -0.25) is 9.59 Å². The number of aromatic nitrogens is 1. The molecule has 2 aliphatic heterocycles. The SMILES string of the molecule is Cc1noc(C)c1C(=O)N1CCC2(CCCCOCCNC(=O)c3ccccc3OC2)CC1. The summed E-state index contributed by atoms with van der Waals surface area (Å²) >= 11 is 0. The van der Waals surface area contributed by atoms with Crippen LogP contribution < -0.4 is 10.1 Å². The maximum Gasteiger partial charge on any atom is 0.259 e. The highest BCUT2D eigenvalue weighted by Crippen LogP contribution is 2.38. The van der Waals surface area contributed by atoms with Gasteiger partial charge in [-0.25, -0.2) is 0 Å². The minimum absolute atomic E-state index is 0.0154. The zero-order chi connectivity index (χ0) is 23.3. The van der Waals surface area contributed by atoms with Gasteiger partial charge in [-0.05, 0) is 51.7 Å². The van der Waals surface area contributed by atoms with Crippen LogP contribution in [0, 0.1) is 19.3 Å². The van der Waals surface area contributed by atoms with E-state index >= 15 is 0 Å². The molecule has 2 aromatic rings. The molecule has 33 heavy (non-hydrogen) atoms. The molecule has 1 spiro atoms. The fourth-order valence-electron chi connectivity index (χ4n) is 4.75. The van der Waals surface area contributed by atoms with Gasteiger partial charge in [0.2, 0.25) is 0 Å². The van der Waals surface area contributed by atoms with Gasteiger partial charge in [0.15, 0.2) is 0 Å². The van der Waals surface area contributed by atoms with E-state index in [1.807, 2.05) is 23.1 Å². The smallest absolute Gasteiger partial charge is 0.259 e. The van der Waals surface area contributed by atoms with Crippen LogP contribution in [-0.4, -0.2) is 61.3 Å². The Bertz CT molecular complexity index is 959. The van der Waals surface area contributed by atoms with Gasteiger partial charge < -0.3 is 24.2 Å². The number of piperidine rings is 1. The number of para-hydroxylation sites is 1. The van der Waals surface area contributed by atoms with E-state index in [4.69, 9.17) is 14.0 Å². The normalized spacial score (nSPS) is 19.8. The van der Waals surface area contributed by atoms with Crippen LogP contribution in [0.3, 0.4) is 0 Å². The number of rotatable bonds is 1. The van der Waals surface area contributed by atoms with Crippen LogP contribution in [0.1, 0.15) is 64.3 Å². The Labute approximate surface area is 194 Å². The Kier molecular flexibility index (Phi) is 7.33. The number of carbonyl (C=O) groups is 2. The quantitative estimate of drug-likeness (QED) is 0.707. The van der Waals surface area contributed by atoms with Crippen molar-refractivity contribution in [3.05, 3.63) is 46.8 Å². The van der Waals surface area contributed by atoms with Crippen LogP contribution in [0.25, 0.3) is 0 Å². The molecule has 178 valence electrons. The van der Waals surface area contributed by atoms with Crippen molar-refractivity contribution in [3.8, 4) is 5.75 Å². The monoisotopic (exact) mass is 455 g/mol. The standard InChI is InChI=1S/C25H33N3O5/c1-18-22(19(2)33-27-18)24(30)28-13-10-25(11-14-28)9-5-6-15-31-16-12-26-23(29)20-7-3-4-8-21(20)32-17-25/h3-4,7-8H,5-6,9-17H2,1-2H3,(H,26,29). The molecule has 1 aromatic heterocycles. The first kappa shape index (κ1) is 23.3. The van der Waals surface area contributed by atoms with Crippen molar-refractivity contribution >= 4 is 11.8 Å². The molecule has 0 atom stereocenters. The van der Waals surface area contributed by atoms with Crippen molar-refractivity contribution in [2.45, 2.75) is 46.0 Å². The molecule has 0 aliphatic carbocycles. The molecule has 1 saturated heterocycles. The molecule has 0 radical (unpaired) electrons. The molecule has 0 saturated carbocycles. The number of hydrogen-bond acceptors (Lipinski definition) is 6. The molecular formula is C25H33N3O5. The number of carbonyl (C=O) groups excluding carboxylic acids is 2. The molecule has 2 amide bonds. The van der Waals surface area contributed by atoms with E-state index in [1.54, 1.807) is 19.9 Å². The summed E-state index contributed by atoms with van der Waals surface area (Å²) in [7, 11) is 0. The predicted molar refractivity (Wildman–Crippen MR) is 122 cm³/mol. The van der Waals surface area contributed by atoms with Crippen molar-refractivity contribution in [1.82, 2.24) is 15.4 Å². The third-order valence-electron chi connectivity index (χ3n) is 6.80. The number of benzene rings is 1. The Morgan fingerprint density at radius 2 is 1.88 bits per heavy atom. The van der Waals surface area contributed by atoms with E-state index in [9.17, 15) is 9.59 Å². The van der Waals surface area contributed by atoms with Crippen molar-refractivity contribution in [2.24, 2.45) is 5.41 Å². The molecule has 1 N–H and O–H groups in total. The zero-order valence-electron chi connectivity index (χ0n) is 19.5. The van der Waals surface area contributed by atoms with Gasteiger partial charge in [-0.1, -0.05) is 23.7 Å². The predicted octanol–water partition coefficient (Wildman–Crippen LogP) is 3.52. The van der Waals surface area contributed by atoms with Gasteiger partial charge in [-0.15, -0.1) is 0 Å². The third kappa shape index (κ3) is 5.38. The summed E-state index contributed by atoms with van der Waals surface area (Å²) in [6.45, 7) is 7.07. The number of amides is 2. The van der Waals surface area contributed by atoms with E-state index in [-0.39, 0.29) is 17.2 Å². The lowest BCUT2D eigenvalue weighted by molar-refractivity contribution is 0.0339. The molecule has 0 bridgehead atoms. The highest BCUT2D eigenvalue weighted by atomic mass is 16.5. The van der Waals surface area contributed by atoms with Crippen molar-refractivity contribution in [2.75, 3.05) is 39.5 Å². The summed E-state index contributed by atoms with van der Waals surface area (Å²) in [5.74, 6) is 0.995. The Hall–Kier alpha value is -2.87. The number of aryl methyl sites for hydroxylation is 2. The van der Waals surface area contributed by atoms with Crippen LogP contribution in [0.15, 0.2) is 28.8 Å². The first-order chi connectivity index (χ1) is 16.0. The van der Waals surface area contributed by atoms with Crippen LogP contribution in [0.4, 0.5) is 0 Å². The van der Waals surface area contributed by atoms with Crippen LogP contribution in [-0.2, 0) is 4.74 Å². The second-order valence-electron chi connectivity index (χ2n) is 9.10. The summed E-state index contributed by atoms with van der Waals surface area (Å²) in [5, 5.41) is 6.83. The summed E-state index contributed by atoms with van der Waals surface area (Å²) in [5.41, 5.74) is 1.69. The van der Waals surface area contributed by atoms with Gasteiger partial charge in [0.05, 0.1) is 24.5 Å². The molecule has 2 aliphatic rings. The Morgan fingerprint density at radius 3 is 2.64 bits per heavy atom. The third-order valence-corrected chi connectivity index (χ3v) is 6.80. The van der Waals surface area contributed by atoms with Crippen LogP contribution in [0.2, 0.25) is 0 Å². The average Bonchev–Trinajstić information content (AvgIpc) is 3.17. The molecule has 4 rings (SSSR count).